The zero-order valence-electron chi connectivity index (χ0n) is 10.0. The lowest BCUT2D eigenvalue weighted by Gasteiger charge is -2.09. The Morgan fingerprint density at radius 1 is 1.53 bits per heavy atom. The SMILES string of the molecule is COC(=O)c1cnc(NCCC(=O)N(C)C)s1. The van der Waals surface area contributed by atoms with Crippen molar-refractivity contribution in [2.75, 3.05) is 33.1 Å². The molecule has 0 aliphatic rings. The average molecular weight is 257 g/mol. The van der Waals surface area contributed by atoms with Crippen LogP contribution in [-0.2, 0) is 9.53 Å². The molecule has 0 bridgehead atoms. The fourth-order valence-corrected chi connectivity index (χ4v) is 1.81. The molecule has 6 nitrogen and oxygen atoms in total. The van der Waals surface area contributed by atoms with Gasteiger partial charge in [0, 0.05) is 27.1 Å². The highest BCUT2D eigenvalue weighted by molar-refractivity contribution is 7.17. The van der Waals surface area contributed by atoms with Crippen molar-refractivity contribution in [2.24, 2.45) is 0 Å². The fraction of sp³-hybridized carbons (Fsp3) is 0.500. The van der Waals surface area contributed by atoms with Crippen molar-refractivity contribution in [3.63, 3.8) is 0 Å². The third-order valence-corrected chi connectivity index (χ3v) is 2.94. The number of carbonyl (C=O) groups excluding carboxylic acids is 2. The number of thiazole rings is 1. The summed E-state index contributed by atoms with van der Waals surface area (Å²) in [5, 5.41) is 3.59. The summed E-state index contributed by atoms with van der Waals surface area (Å²) < 4.78 is 4.57. The second kappa shape index (κ2) is 6.19. The van der Waals surface area contributed by atoms with Gasteiger partial charge in [-0.25, -0.2) is 9.78 Å². The van der Waals surface area contributed by atoms with Gasteiger partial charge in [0.05, 0.1) is 13.3 Å². The molecule has 1 aromatic heterocycles. The Morgan fingerprint density at radius 2 is 2.24 bits per heavy atom. The van der Waals surface area contributed by atoms with E-state index in [9.17, 15) is 9.59 Å². The molecule has 1 rings (SSSR count). The van der Waals surface area contributed by atoms with E-state index in [0.29, 0.717) is 23.0 Å². The van der Waals surface area contributed by atoms with E-state index in [1.54, 1.807) is 14.1 Å². The Balaban J connectivity index is 2.40. The first-order valence-electron chi connectivity index (χ1n) is 5.02. The molecular formula is C10H15N3O3S. The highest BCUT2D eigenvalue weighted by Crippen LogP contribution is 2.18. The minimum atomic E-state index is -0.403. The Labute approximate surface area is 104 Å². The summed E-state index contributed by atoms with van der Waals surface area (Å²) in [5.74, 6) is -0.359. The Morgan fingerprint density at radius 3 is 2.82 bits per heavy atom. The molecular weight excluding hydrogens is 242 g/mol. The summed E-state index contributed by atoms with van der Waals surface area (Å²) in [5.41, 5.74) is 0. The van der Waals surface area contributed by atoms with Crippen LogP contribution in [-0.4, -0.2) is 49.5 Å². The molecule has 1 aromatic rings. The Hall–Kier alpha value is -1.63. The van der Waals surface area contributed by atoms with Crippen LogP contribution in [0.5, 0.6) is 0 Å². The van der Waals surface area contributed by atoms with Gasteiger partial charge in [-0.2, -0.15) is 0 Å². The van der Waals surface area contributed by atoms with Gasteiger partial charge < -0.3 is 15.0 Å². The van der Waals surface area contributed by atoms with Crippen molar-refractivity contribution in [1.82, 2.24) is 9.88 Å². The smallest absolute Gasteiger partial charge is 0.349 e. The summed E-state index contributed by atoms with van der Waals surface area (Å²) in [6.07, 6.45) is 1.84. The molecule has 0 spiro atoms. The van der Waals surface area contributed by atoms with Crippen molar-refractivity contribution in [3.8, 4) is 0 Å². The minimum absolute atomic E-state index is 0.0437. The van der Waals surface area contributed by atoms with E-state index in [1.807, 2.05) is 0 Å². The van der Waals surface area contributed by atoms with Crippen LogP contribution >= 0.6 is 11.3 Å². The van der Waals surface area contributed by atoms with E-state index < -0.39 is 5.97 Å². The number of carbonyl (C=O) groups is 2. The zero-order chi connectivity index (χ0) is 12.8. The van der Waals surface area contributed by atoms with Crippen molar-refractivity contribution in [1.29, 1.82) is 0 Å². The molecule has 1 heterocycles. The van der Waals surface area contributed by atoms with Crippen molar-refractivity contribution < 1.29 is 14.3 Å². The largest absolute Gasteiger partial charge is 0.465 e. The van der Waals surface area contributed by atoms with Crippen LogP contribution in [0.4, 0.5) is 5.13 Å². The number of nitrogens with one attached hydrogen (secondary N) is 1. The number of anilines is 1. The molecule has 7 heteroatoms. The number of esters is 1. The predicted molar refractivity (Wildman–Crippen MR) is 65.3 cm³/mol. The van der Waals surface area contributed by atoms with E-state index >= 15 is 0 Å². The van der Waals surface area contributed by atoms with Gasteiger partial charge >= 0.3 is 5.97 Å². The molecule has 1 N–H and O–H groups in total. The number of hydrogen-bond acceptors (Lipinski definition) is 6. The standard InChI is InChI=1S/C10H15N3O3S/c1-13(2)8(14)4-5-11-10-12-6-7(17-10)9(15)16-3/h6H,4-5H2,1-3H3,(H,11,12). The molecule has 17 heavy (non-hydrogen) atoms. The molecule has 0 saturated heterocycles. The maximum atomic E-state index is 11.3. The highest BCUT2D eigenvalue weighted by Gasteiger charge is 2.10. The molecule has 0 unspecified atom stereocenters. The molecule has 0 radical (unpaired) electrons. The number of methoxy groups -OCH3 is 1. The molecule has 1 amide bonds. The summed E-state index contributed by atoms with van der Waals surface area (Å²) in [6.45, 7) is 0.491. The van der Waals surface area contributed by atoms with Crippen molar-refractivity contribution in [2.45, 2.75) is 6.42 Å². The van der Waals surface area contributed by atoms with E-state index in [2.05, 4.69) is 15.0 Å². The van der Waals surface area contributed by atoms with Gasteiger partial charge in [0.15, 0.2) is 5.13 Å². The van der Waals surface area contributed by atoms with Crippen LogP contribution in [0.15, 0.2) is 6.20 Å². The van der Waals surface area contributed by atoms with Gasteiger partial charge in [0.1, 0.15) is 4.88 Å². The summed E-state index contributed by atoms with van der Waals surface area (Å²) in [4.78, 5) is 28.4. The third kappa shape index (κ3) is 4.03. The van der Waals surface area contributed by atoms with Crippen LogP contribution < -0.4 is 5.32 Å². The molecule has 0 aliphatic heterocycles. The molecule has 0 aliphatic carbocycles. The minimum Gasteiger partial charge on any atom is -0.465 e. The van der Waals surface area contributed by atoms with Gasteiger partial charge in [0.2, 0.25) is 5.91 Å². The van der Waals surface area contributed by atoms with E-state index in [0.717, 1.165) is 0 Å². The van der Waals surface area contributed by atoms with Crippen LogP contribution in [0.2, 0.25) is 0 Å². The van der Waals surface area contributed by atoms with E-state index in [1.165, 1.54) is 29.5 Å². The third-order valence-electron chi connectivity index (χ3n) is 2.01. The van der Waals surface area contributed by atoms with Crippen molar-refractivity contribution >= 4 is 28.3 Å². The number of hydrogen-bond donors (Lipinski definition) is 1. The number of nitrogens with zero attached hydrogens (tertiary/aromatic N) is 2. The van der Waals surface area contributed by atoms with Gasteiger partial charge in [-0.05, 0) is 0 Å². The second-order valence-corrected chi connectivity index (χ2v) is 4.52. The van der Waals surface area contributed by atoms with E-state index in [-0.39, 0.29) is 5.91 Å². The Bertz CT molecular complexity index is 403. The molecule has 0 saturated carbocycles. The topological polar surface area (TPSA) is 71.5 Å². The van der Waals surface area contributed by atoms with Crippen molar-refractivity contribution in [3.05, 3.63) is 11.1 Å². The number of amides is 1. The molecule has 0 fully saturated rings. The first-order valence-corrected chi connectivity index (χ1v) is 5.84. The number of ether oxygens (including phenoxy) is 1. The lowest BCUT2D eigenvalue weighted by molar-refractivity contribution is -0.128. The quantitative estimate of drug-likeness (QED) is 0.791. The second-order valence-electron chi connectivity index (χ2n) is 3.49. The number of aromatic nitrogens is 1. The fourth-order valence-electron chi connectivity index (χ4n) is 1.05. The summed E-state index contributed by atoms with van der Waals surface area (Å²) >= 11 is 1.20. The maximum absolute atomic E-state index is 11.3. The first kappa shape index (κ1) is 13.4. The van der Waals surface area contributed by atoms with Crippen LogP contribution in [0.25, 0.3) is 0 Å². The first-order chi connectivity index (χ1) is 8.04. The van der Waals surface area contributed by atoms with Crippen LogP contribution in [0, 0.1) is 0 Å². The summed E-state index contributed by atoms with van der Waals surface area (Å²) in [7, 11) is 4.74. The average Bonchev–Trinajstić information content (AvgIpc) is 2.76. The van der Waals surface area contributed by atoms with Gasteiger partial charge in [-0.1, -0.05) is 11.3 Å². The van der Waals surface area contributed by atoms with Gasteiger partial charge in [-0.15, -0.1) is 0 Å². The molecule has 0 atom stereocenters. The van der Waals surface area contributed by atoms with Gasteiger partial charge in [0.25, 0.3) is 0 Å². The van der Waals surface area contributed by atoms with Crippen LogP contribution in [0.1, 0.15) is 16.1 Å². The van der Waals surface area contributed by atoms with E-state index in [4.69, 9.17) is 0 Å². The normalized spacial score (nSPS) is 9.82. The molecule has 94 valence electrons. The monoisotopic (exact) mass is 257 g/mol. The van der Waals surface area contributed by atoms with Gasteiger partial charge in [-0.3, -0.25) is 4.79 Å². The van der Waals surface area contributed by atoms with Crippen LogP contribution in [0.3, 0.4) is 0 Å². The number of rotatable bonds is 5. The summed E-state index contributed by atoms with van der Waals surface area (Å²) in [6, 6.07) is 0. The lowest BCUT2D eigenvalue weighted by Crippen LogP contribution is -2.23. The molecule has 0 aromatic carbocycles. The predicted octanol–water partition coefficient (Wildman–Crippen LogP) is 0.820. The maximum Gasteiger partial charge on any atom is 0.349 e. The lowest BCUT2D eigenvalue weighted by atomic mass is 10.4. The highest BCUT2D eigenvalue weighted by atomic mass is 32.1. The zero-order valence-corrected chi connectivity index (χ0v) is 10.8. The Kier molecular flexibility index (Phi) is 4.89.